The maximum absolute atomic E-state index is 13.1. The Morgan fingerprint density at radius 3 is 2.22 bits per heavy atom. The third-order valence-corrected chi connectivity index (χ3v) is 5.77. The van der Waals surface area contributed by atoms with Crippen molar-refractivity contribution in [3.8, 4) is 17.2 Å². The predicted molar refractivity (Wildman–Crippen MR) is 141 cm³/mol. The maximum Gasteiger partial charge on any atom is 0.411 e. The van der Waals surface area contributed by atoms with Crippen LogP contribution in [0.15, 0.2) is 78.9 Å². The van der Waals surface area contributed by atoms with E-state index in [0.717, 1.165) is 16.7 Å². The number of benzene rings is 3. The second kappa shape index (κ2) is 11.8. The fourth-order valence-corrected chi connectivity index (χ4v) is 3.85. The van der Waals surface area contributed by atoms with Crippen molar-refractivity contribution in [1.82, 2.24) is 4.90 Å². The summed E-state index contributed by atoms with van der Waals surface area (Å²) in [6, 6.07) is 25.9. The quantitative estimate of drug-likeness (QED) is 0.407. The topological polar surface area (TPSA) is 126 Å². The van der Waals surface area contributed by atoms with E-state index >= 15 is 0 Å². The van der Waals surface area contributed by atoms with Gasteiger partial charge in [0, 0.05) is 6.04 Å². The van der Waals surface area contributed by atoms with Gasteiger partial charge in [0.25, 0.3) is 0 Å². The number of nitriles is 1. The zero-order chi connectivity index (χ0) is 26.3. The molecule has 7 nitrogen and oxygen atoms in total. The number of nitrogens with zero attached hydrogens (tertiary/aromatic N) is 2. The summed E-state index contributed by atoms with van der Waals surface area (Å²) < 4.78 is 5.58. The van der Waals surface area contributed by atoms with Gasteiger partial charge in [-0.05, 0) is 55.5 Å². The molecule has 0 aromatic heterocycles. The van der Waals surface area contributed by atoms with Crippen LogP contribution in [0.4, 0.5) is 4.79 Å². The summed E-state index contributed by atoms with van der Waals surface area (Å²) in [7, 11) is 0. The van der Waals surface area contributed by atoms with Crippen molar-refractivity contribution in [1.29, 1.82) is 5.26 Å². The second-order valence-corrected chi connectivity index (χ2v) is 9.78. The van der Waals surface area contributed by atoms with E-state index in [1.807, 2.05) is 72.8 Å². The van der Waals surface area contributed by atoms with E-state index in [9.17, 15) is 15.2 Å². The molecular formula is C29H34N4O3. The van der Waals surface area contributed by atoms with Crippen LogP contribution in [0.5, 0.6) is 0 Å². The number of hydrogen-bond donors (Lipinski definition) is 3. The molecule has 1 unspecified atom stereocenters. The van der Waals surface area contributed by atoms with Crippen molar-refractivity contribution < 1.29 is 14.6 Å². The molecule has 3 rings (SSSR count). The van der Waals surface area contributed by atoms with Gasteiger partial charge in [-0.1, -0.05) is 72.8 Å². The molecule has 0 aliphatic rings. The molecule has 188 valence electrons. The minimum absolute atomic E-state index is 0.0941. The molecule has 0 fully saturated rings. The van der Waals surface area contributed by atoms with Crippen LogP contribution in [-0.2, 0) is 11.2 Å². The maximum atomic E-state index is 13.1. The lowest BCUT2D eigenvalue weighted by Crippen LogP contribution is -2.50. The van der Waals surface area contributed by atoms with Crippen molar-refractivity contribution in [3.63, 3.8) is 0 Å². The van der Waals surface area contributed by atoms with Crippen molar-refractivity contribution >= 4 is 6.09 Å². The molecule has 0 aliphatic carbocycles. The predicted octanol–water partition coefficient (Wildman–Crippen LogP) is 4.35. The number of nitrogens with two attached hydrogens (primary N) is 2. The normalized spacial score (nSPS) is 13.8. The first-order valence-electron chi connectivity index (χ1n) is 11.9. The molecule has 0 spiro atoms. The third kappa shape index (κ3) is 7.15. The Labute approximate surface area is 212 Å². The Bertz CT molecular complexity index is 1180. The number of amides is 1. The lowest BCUT2D eigenvalue weighted by molar-refractivity contribution is 0.00120. The van der Waals surface area contributed by atoms with Gasteiger partial charge >= 0.3 is 6.09 Å². The zero-order valence-corrected chi connectivity index (χ0v) is 21.0. The number of ether oxygens (including phenoxy) is 1. The van der Waals surface area contributed by atoms with Crippen LogP contribution in [0.3, 0.4) is 0 Å². The third-order valence-electron chi connectivity index (χ3n) is 5.77. The summed E-state index contributed by atoms with van der Waals surface area (Å²) in [6.45, 7) is 5.22. The molecule has 1 amide bonds. The van der Waals surface area contributed by atoms with Crippen LogP contribution in [0.1, 0.15) is 43.6 Å². The standard InChI is InChI=1S/C29H34N4O3/c1-29(2,3)36-28(35)33(19-26(34)25(31)17-20-9-5-4-6-10-20)27(32)22-15-13-21(14-16-22)24-12-8-7-11-23(24)18-30/h4-16,25-27,34H,17,19,31-32H2,1-3H3/t25-,26-,27?/m0/s1. The van der Waals surface area contributed by atoms with Crippen LogP contribution in [-0.4, -0.2) is 40.4 Å². The van der Waals surface area contributed by atoms with Crippen LogP contribution in [0, 0.1) is 11.3 Å². The highest BCUT2D eigenvalue weighted by molar-refractivity contribution is 5.71. The van der Waals surface area contributed by atoms with Gasteiger partial charge < -0.3 is 21.3 Å². The van der Waals surface area contributed by atoms with Crippen molar-refractivity contribution in [2.75, 3.05) is 6.54 Å². The minimum atomic E-state index is -1.02. The minimum Gasteiger partial charge on any atom is -0.444 e. The Balaban J connectivity index is 1.82. The summed E-state index contributed by atoms with van der Waals surface area (Å²) in [5, 5.41) is 20.3. The van der Waals surface area contributed by atoms with Crippen LogP contribution in [0.2, 0.25) is 0 Å². The van der Waals surface area contributed by atoms with E-state index in [1.165, 1.54) is 4.90 Å². The van der Waals surface area contributed by atoms with E-state index < -0.39 is 30.0 Å². The summed E-state index contributed by atoms with van der Waals surface area (Å²) in [5.74, 6) is 0. The van der Waals surface area contributed by atoms with Gasteiger partial charge in [0.1, 0.15) is 11.8 Å². The van der Waals surface area contributed by atoms with Crippen LogP contribution in [0.25, 0.3) is 11.1 Å². The fourth-order valence-electron chi connectivity index (χ4n) is 3.85. The number of aliphatic hydroxyl groups excluding tert-OH is 1. The first-order chi connectivity index (χ1) is 17.1. The van der Waals surface area contributed by atoms with Gasteiger partial charge in [-0.25, -0.2) is 4.79 Å². The van der Waals surface area contributed by atoms with Crippen molar-refractivity contribution in [3.05, 3.63) is 95.6 Å². The van der Waals surface area contributed by atoms with Gasteiger partial charge in [-0.3, -0.25) is 4.90 Å². The highest BCUT2D eigenvalue weighted by Crippen LogP contribution is 2.26. The lowest BCUT2D eigenvalue weighted by atomic mass is 9.98. The summed E-state index contributed by atoms with van der Waals surface area (Å²) in [4.78, 5) is 14.4. The molecule has 3 atom stereocenters. The van der Waals surface area contributed by atoms with Crippen LogP contribution >= 0.6 is 0 Å². The first-order valence-corrected chi connectivity index (χ1v) is 11.9. The van der Waals surface area contributed by atoms with E-state index in [1.54, 1.807) is 26.8 Å². The largest absolute Gasteiger partial charge is 0.444 e. The number of rotatable bonds is 8. The average Bonchev–Trinajstić information content (AvgIpc) is 2.86. The van der Waals surface area contributed by atoms with E-state index in [2.05, 4.69) is 6.07 Å². The SMILES string of the molecule is CC(C)(C)OC(=O)N(C[C@H](O)[C@@H](N)Cc1ccccc1)C(N)c1ccc(-c2ccccc2C#N)cc1. The molecule has 36 heavy (non-hydrogen) atoms. The van der Waals surface area contributed by atoms with Gasteiger partial charge in [-0.2, -0.15) is 5.26 Å². The van der Waals surface area contributed by atoms with E-state index in [-0.39, 0.29) is 6.54 Å². The smallest absolute Gasteiger partial charge is 0.411 e. The Morgan fingerprint density at radius 2 is 1.61 bits per heavy atom. The zero-order valence-electron chi connectivity index (χ0n) is 21.0. The lowest BCUT2D eigenvalue weighted by Gasteiger charge is -2.34. The molecule has 0 radical (unpaired) electrons. The summed E-state index contributed by atoms with van der Waals surface area (Å²) in [6.07, 6.45) is -2.09. The Hall–Kier alpha value is -3.70. The van der Waals surface area contributed by atoms with Gasteiger partial charge in [0.2, 0.25) is 0 Å². The number of carbonyl (C=O) groups is 1. The van der Waals surface area contributed by atoms with Gasteiger partial charge in [-0.15, -0.1) is 0 Å². The van der Waals surface area contributed by atoms with E-state index in [0.29, 0.717) is 17.5 Å². The first kappa shape index (κ1) is 26.9. The average molecular weight is 487 g/mol. The molecule has 7 heteroatoms. The highest BCUT2D eigenvalue weighted by atomic mass is 16.6. The molecule has 0 aliphatic heterocycles. The molecule has 0 heterocycles. The number of hydrogen-bond acceptors (Lipinski definition) is 6. The molecule has 0 saturated carbocycles. The Kier molecular flexibility index (Phi) is 8.83. The molecule has 3 aromatic carbocycles. The second-order valence-electron chi connectivity index (χ2n) is 9.78. The monoisotopic (exact) mass is 486 g/mol. The van der Waals surface area contributed by atoms with Crippen molar-refractivity contribution in [2.24, 2.45) is 11.5 Å². The molecule has 5 N–H and O–H groups in total. The summed E-state index contributed by atoms with van der Waals surface area (Å²) in [5.41, 5.74) is 16.0. The van der Waals surface area contributed by atoms with Crippen LogP contribution < -0.4 is 11.5 Å². The number of carbonyl (C=O) groups excluding carboxylic acids is 1. The summed E-state index contributed by atoms with van der Waals surface area (Å²) >= 11 is 0. The molecular weight excluding hydrogens is 452 g/mol. The molecule has 0 saturated heterocycles. The Morgan fingerprint density at radius 1 is 1.00 bits per heavy atom. The fraction of sp³-hybridized carbons (Fsp3) is 0.310. The molecule has 3 aromatic rings. The van der Waals surface area contributed by atoms with Gasteiger partial charge in [0.15, 0.2) is 0 Å². The molecule has 0 bridgehead atoms. The van der Waals surface area contributed by atoms with Crippen molar-refractivity contribution in [2.45, 2.75) is 51.1 Å². The number of aliphatic hydroxyl groups is 1. The highest BCUT2D eigenvalue weighted by Gasteiger charge is 2.31. The van der Waals surface area contributed by atoms with Gasteiger partial charge in [0.05, 0.1) is 24.3 Å². The van der Waals surface area contributed by atoms with E-state index in [4.69, 9.17) is 16.2 Å².